The van der Waals surface area contributed by atoms with E-state index in [4.69, 9.17) is 4.74 Å². The van der Waals surface area contributed by atoms with Crippen molar-refractivity contribution in [2.24, 2.45) is 7.05 Å². The van der Waals surface area contributed by atoms with Crippen LogP contribution in [0.5, 0.6) is 0 Å². The van der Waals surface area contributed by atoms with Gasteiger partial charge in [0.2, 0.25) is 0 Å². The first-order valence-corrected chi connectivity index (χ1v) is 3.21. The molecule has 54 valence electrons. The lowest BCUT2D eigenvalue weighted by Gasteiger charge is -1.94. The van der Waals surface area contributed by atoms with Crippen molar-refractivity contribution in [3.05, 3.63) is 11.9 Å². The molecule has 10 heavy (non-hydrogen) atoms. The monoisotopic (exact) mass is 139 g/mol. The van der Waals surface area contributed by atoms with Crippen LogP contribution in [0.1, 0.15) is 12.6 Å². The van der Waals surface area contributed by atoms with Gasteiger partial charge in [0.15, 0.2) is 0 Å². The molecular formula is C6H9N3O. The molecule has 0 radical (unpaired) electrons. The minimum Gasteiger partial charge on any atom is -0.363 e. The highest BCUT2D eigenvalue weighted by Gasteiger charge is 2.43. The topological polar surface area (TPSA) is 43.2 Å². The molecule has 1 unspecified atom stereocenters. The molecule has 0 amide bonds. The Morgan fingerprint density at radius 1 is 1.80 bits per heavy atom. The molecule has 0 aromatic carbocycles. The Kier molecular flexibility index (Phi) is 0.922. The summed E-state index contributed by atoms with van der Waals surface area (Å²) < 4.78 is 6.86. The average Bonchev–Trinajstić information content (AvgIpc) is 2.45. The number of ether oxygens (including phenoxy) is 1. The predicted octanol–water partition coefficient (Wildman–Crippen LogP) is 0.0605. The second kappa shape index (κ2) is 1.58. The minimum atomic E-state index is -0.131. The zero-order valence-corrected chi connectivity index (χ0v) is 6.03. The van der Waals surface area contributed by atoms with Crippen LogP contribution in [0, 0.1) is 0 Å². The summed E-state index contributed by atoms with van der Waals surface area (Å²) >= 11 is 0. The van der Waals surface area contributed by atoms with Crippen molar-refractivity contribution < 1.29 is 4.74 Å². The Bertz CT molecular complexity index is 251. The Morgan fingerprint density at radius 2 is 2.50 bits per heavy atom. The van der Waals surface area contributed by atoms with Crippen LogP contribution in [0.25, 0.3) is 0 Å². The molecule has 1 aromatic rings. The molecule has 0 saturated carbocycles. The number of aryl methyl sites for hydroxylation is 1. The predicted molar refractivity (Wildman–Crippen MR) is 34.3 cm³/mol. The summed E-state index contributed by atoms with van der Waals surface area (Å²) in [4.78, 5) is 0. The summed E-state index contributed by atoms with van der Waals surface area (Å²) in [6.45, 7) is 2.78. The van der Waals surface area contributed by atoms with Gasteiger partial charge in [-0.2, -0.15) is 0 Å². The second-order valence-corrected chi connectivity index (χ2v) is 2.80. The van der Waals surface area contributed by atoms with Crippen molar-refractivity contribution >= 4 is 0 Å². The molecule has 0 spiro atoms. The molecule has 0 bridgehead atoms. The lowest BCUT2D eigenvalue weighted by atomic mass is 10.1. The fraction of sp³-hybridized carbons (Fsp3) is 0.667. The molecule has 1 atom stereocenters. The third kappa shape index (κ3) is 0.724. The van der Waals surface area contributed by atoms with Crippen LogP contribution in [0.4, 0.5) is 0 Å². The lowest BCUT2D eigenvalue weighted by Crippen LogP contribution is -2.01. The van der Waals surface area contributed by atoms with E-state index < -0.39 is 0 Å². The number of hydrogen-bond acceptors (Lipinski definition) is 3. The Morgan fingerprint density at radius 3 is 2.90 bits per heavy atom. The normalized spacial score (nSPS) is 30.6. The molecule has 1 aromatic heterocycles. The van der Waals surface area contributed by atoms with Gasteiger partial charge in [0, 0.05) is 7.05 Å². The summed E-state index contributed by atoms with van der Waals surface area (Å²) in [5.74, 6) is 0. The van der Waals surface area contributed by atoms with Crippen LogP contribution >= 0.6 is 0 Å². The number of nitrogens with zero attached hydrogens (tertiary/aromatic N) is 3. The smallest absolute Gasteiger partial charge is 0.134 e. The molecule has 4 heteroatoms. The average molecular weight is 139 g/mol. The number of aromatic nitrogens is 3. The first-order valence-electron chi connectivity index (χ1n) is 3.21. The van der Waals surface area contributed by atoms with Gasteiger partial charge in [-0.3, -0.25) is 4.68 Å². The van der Waals surface area contributed by atoms with Crippen LogP contribution in [0.15, 0.2) is 6.20 Å². The fourth-order valence-electron chi connectivity index (χ4n) is 0.846. The van der Waals surface area contributed by atoms with E-state index in [2.05, 4.69) is 10.3 Å². The van der Waals surface area contributed by atoms with Gasteiger partial charge in [-0.1, -0.05) is 5.21 Å². The lowest BCUT2D eigenvalue weighted by molar-refractivity contribution is 0.323. The highest BCUT2D eigenvalue weighted by atomic mass is 16.6. The van der Waals surface area contributed by atoms with Gasteiger partial charge in [0.1, 0.15) is 11.3 Å². The molecule has 4 nitrogen and oxygen atoms in total. The van der Waals surface area contributed by atoms with E-state index in [9.17, 15) is 0 Å². The van der Waals surface area contributed by atoms with Gasteiger partial charge in [0.05, 0.1) is 12.8 Å². The summed E-state index contributed by atoms with van der Waals surface area (Å²) in [6.07, 6.45) is 1.88. The van der Waals surface area contributed by atoms with E-state index in [1.54, 1.807) is 4.68 Å². The van der Waals surface area contributed by atoms with E-state index in [1.807, 2.05) is 20.2 Å². The second-order valence-electron chi connectivity index (χ2n) is 2.80. The Hall–Kier alpha value is -0.900. The van der Waals surface area contributed by atoms with Crippen molar-refractivity contribution in [1.82, 2.24) is 15.0 Å². The standard InChI is InChI=1S/C6H9N3O/c1-6(4-10-6)5-3-9(2)8-7-5/h3H,4H2,1-2H3. The van der Waals surface area contributed by atoms with Gasteiger partial charge in [-0.25, -0.2) is 0 Å². The fourth-order valence-corrected chi connectivity index (χ4v) is 0.846. The maximum Gasteiger partial charge on any atom is 0.134 e. The molecule has 1 fully saturated rings. The first kappa shape index (κ1) is 5.85. The quantitative estimate of drug-likeness (QED) is 0.517. The molecule has 1 aliphatic rings. The summed E-state index contributed by atoms with van der Waals surface area (Å²) in [5, 5.41) is 7.75. The SMILES string of the molecule is Cn1cc(C2(C)CO2)nn1. The Labute approximate surface area is 58.8 Å². The molecule has 1 aliphatic heterocycles. The van der Waals surface area contributed by atoms with Crippen LogP contribution in [0.2, 0.25) is 0 Å². The number of rotatable bonds is 1. The van der Waals surface area contributed by atoms with E-state index in [0.29, 0.717) is 0 Å². The number of hydrogen-bond donors (Lipinski definition) is 0. The van der Waals surface area contributed by atoms with Gasteiger partial charge in [-0.15, -0.1) is 5.10 Å². The van der Waals surface area contributed by atoms with Crippen molar-refractivity contribution in [2.75, 3.05) is 6.61 Å². The largest absolute Gasteiger partial charge is 0.363 e. The van der Waals surface area contributed by atoms with Crippen molar-refractivity contribution in [3.63, 3.8) is 0 Å². The van der Waals surface area contributed by atoms with Gasteiger partial charge >= 0.3 is 0 Å². The summed E-state index contributed by atoms with van der Waals surface area (Å²) in [6, 6.07) is 0. The van der Waals surface area contributed by atoms with Crippen LogP contribution in [0.3, 0.4) is 0 Å². The van der Waals surface area contributed by atoms with Crippen molar-refractivity contribution in [3.8, 4) is 0 Å². The molecule has 0 N–H and O–H groups in total. The maximum atomic E-state index is 5.18. The third-order valence-corrected chi connectivity index (χ3v) is 1.72. The van der Waals surface area contributed by atoms with Crippen molar-refractivity contribution in [1.29, 1.82) is 0 Å². The summed E-state index contributed by atoms with van der Waals surface area (Å²) in [5.41, 5.74) is 0.795. The van der Waals surface area contributed by atoms with Crippen molar-refractivity contribution in [2.45, 2.75) is 12.5 Å². The number of epoxide rings is 1. The third-order valence-electron chi connectivity index (χ3n) is 1.72. The van der Waals surface area contributed by atoms with Gasteiger partial charge in [-0.05, 0) is 6.92 Å². The van der Waals surface area contributed by atoms with E-state index in [0.717, 1.165) is 12.3 Å². The molecule has 2 rings (SSSR count). The molecule has 0 aliphatic carbocycles. The summed E-state index contributed by atoms with van der Waals surface area (Å²) in [7, 11) is 1.85. The van der Waals surface area contributed by atoms with E-state index in [-0.39, 0.29) is 5.60 Å². The van der Waals surface area contributed by atoms with Crippen LogP contribution in [-0.2, 0) is 17.4 Å². The minimum absolute atomic E-state index is 0.131. The van der Waals surface area contributed by atoms with Gasteiger partial charge < -0.3 is 4.74 Å². The first-order chi connectivity index (χ1) is 4.71. The zero-order chi connectivity index (χ0) is 7.19. The van der Waals surface area contributed by atoms with E-state index >= 15 is 0 Å². The van der Waals surface area contributed by atoms with E-state index in [1.165, 1.54) is 0 Å². The molecule has 2 heterocycles. The highest BCUT2D eigenvalue weighted by Crippen LogP contribution is 2.35. The molecule has 1 saturated heterocycles. The van der Waals surface area contributed by atoms with Crippen LogP contribution < -0.4 is 0 Å². The Balaban J connectivity index is 2.34. The maximum absolute atomic E-state index is 5.18. The highest BCUT2D eigenvalue weighted by molar-refractivity contribution is 5.11. The zero-order valence-electron chi connectivity index (χ0n) is 6.03. The van der Waals surface area contributed by atoms with Gasteiger partial charge in [0.25, 0.3) is 0 Å². The van der Waals surface area contributed by atoms with Crippen LogP contribution in [-0.4, -0.2) is 21.6 Å². The molecular weight excluding hydrogens is 130 g/mol.